The van der Waals surface area contributed by atoms with Crippen LogP contribution in [0.15, 0.2) is 53.7 Å². The predicted octanol–water partition coefficient (Wildman–Crippen LogP) is -1.59. The number of carboxylic acid groups (broad SMARTS) is 2. The number of carbonyl (C=O) groups excluding carboxylic acids is 5. The average molecular weight is 821 g/mol. The lowest BCUT2D eigenvalue weighted by molar-refractivity contribution is -0.143. The van der Waals surface area contributed by atoms with Gasteiger partial charge in [0.15, 0.2) is 5.96 Å². The number of amides is 5. The highest BCUT2D eigenvalue weighted by molar-refractivity contribution is 5.97. The molecular weight excluding hydrogens is 772 g/mol. The number of hydrogen-bond acceptors (Lipinski definition) is 10. The smallest absolute Gasteiger partial charge is 0.326 e. The maximum Gasteiger partial charge on any atom is 0.326 e. The van der Waals surface area contributed by atoms with Crippen LogP contribution in [0.5, 0.6) is 5.75 Å². The summed E-state index contributed by atoms with van der Waals surface area (Å²) < 4.78 is 5.29. The number of ether oxygens (including phenoxy) is 1. The summed E-state index contributed by atoms with van der Waals surface area (Å²) in [6.07, 6.45) is 0.430. The van der Waals surface area contributed by atoms with Gasteiger partial charge in [0.25, 0.3) is 0 Å². The molecule has 0 aliphatic carbocycles. The maximum absolute atomic E-state index is 13.3. The summed E-state index contributed by atoms with van der Waals surface area (Å²) in [4.78, 5) is 99.6. The normalized spacial score (nSPS) is 13.0. The number of fused-ring (bicyclic) bond motifs is 2. The molecule has 0 aliphatic rings. The van der Waals surface area contributed by atoms with Gasteiger partial charge in [-0.05, 0) is 55.2 Å². The molecule has 0 spiro atoms. The first-order valence-corrected chi connectivity index (χ1v) is 18.4. The van der Waals surface area contributed by atoms with Crippen LogP contribution in [0.1, 0.15) is 36.1 Å². The summed E-state index contributed by atoms with van der Waals surface area (Å²) in [5.74, 6) is -7.07. The Bertz CT molecular complexity index is 2210. The second kappa shape index (κ2) is 20.8. The van der Waals surface area contributed by atoms with Crippen molar-refractivity contribution in [3.05, 3.63) is 65.5 Å². The van der Waals surface area contributed by atoms with E-state index < -0.39 is 85.2 Å². The van der Waals surface area contributed by atoms with Crippen LogP contribution in [0.4, 0.5) is 0 Å². The number of aliphatic hydroxyl groups excluding tert-OH is 1. The fourth-order valence-electron chi connectivity index (χ4n) is 6.27. The number of nitrogens with two attached hydrogens (primary N) is 2. The second-order valence-corrected chi connectivity index (χ2v) is 13.5. The third-order valence-electron chi connectivity index (χ3n) is 9.24. The van der Waals surface area contributed by atoms with E-state index in [0.29, 0.717) is 22.6 Å². The lowest BCUT2D eigenvalue weighted by Gasteiger charge is -2.23. The Kier molecular flexibility index (Phi) is 15.7. The Hall–Kier alpha value is -7.16. The standard InChI is InChI=1S/C38H48N10O11/c1-19-23(24-13-21(59-2)9-10-26(24)44-19)14-31(50)46-30(18-49)36(56)47-27(8-5-11-41-38(39)40)34(54)43-17-32(51)45-28(15-33(52)53)35(55)48-29(37(57)58)12-20-16-42-25-7-4-3-6-22(20)25/h3-4,6-7,9-10,13,16,27-30,42,44,49H,5,8,11-12,14-15,17-18H2,1-2H3,(H,43,54)(H,45,51)(H,46,50)(H,47,56)(H,48,55)(H,52,53)(H,57,58)(H4,39,40,41)/t27-,28-,29-,30-/m0/s1. The first-order valence-electron chi connectivity index (χ1n) is 18.4. The molecule has 0 aliphatic heterocycles. The highest BCUT2D eigenvalue weighted by Crippen LogP contribution is 2.27. The van der Waals surface area contributed by atoms with Crippen molar-refractivity contribution in [2.75, 3.05) is 26.8 Å². The minimum Gasteiger partial charge on any atom is -0.497 e. The van der Waals surface area contributed by atoms with E-state index in [4.69, 9.17) is 16.2 Å². The maximum atomic E-state index is 13.3. The molecule has 4 aromatic rings. The molecule has 0 saturated heterocycles. The first kappa shape index (κ1) is 44.6. The van der Waals surface area contributed by atoms with Crippen molar-refractivity contribution in [3.63, 3.8) is 0 Å². The fraction of sp³-hybridized carbons (Fsp3) is 0.368. The second-order valence-electron chi connectivity index (χ2n) is 13.5. The number of methoxy groups -OCH3 is 1. The number of para-hydroxylation sites is 1. The van der Waals surface area contributed by atoms with Gasteiger partial charge in [0.05, 0.1) is 33.1 Å². The molecular formula is C38H48N10O11. The van der Waals surface area contributed by atoms with Crippen LogP contribution in [-0.4, -0.2) is 124 Å². The Morgan fingerprint density at radius 2 is 1.53 bits per heavy atom. The summed E-state index contributed by atoms with van der Waals surface area (Å²) >= 11 is 0. The third kappa shape index (κ3) is 12.7. The van der Waals surface area contributed by atoms with Gasteiger partial charge in [-0.25, -0.2) is 4.79 Å². The molecule has 5 amide bonds. The van der Waals surface area contributed by atoms with E-state index in [1.54, 1.807) is 55.6 Å². The highest BCUT2D eigenvalue weighted by Gasteiger charge is 2.31. The molecule has 2 aromatic heterocycles. The zero-order valence-electron chi connectivity index (χ0n) is 32.3. The number of aromatic amines is 2. The zero-order valence-corrected chi connectivity index (χ0v) is 32.3. The van der Waals surface area contributed by atoms with Crippen LogP contribution in [-0.2, 0) is 46.4 Å². The number of aliphatic hydroxyl groups is 1. The lowest BCUT2D eigenvalue weighted by Crippen LogP contribution is -2.56. The molecule has 2 heterocycles. The Labute approximate surface area is 336 Å². The number of nitrogens with zero attached hydrogens (tertiary/aromatic N) is 1. The van der Waals surface area contributed by atoms with Gasteiger partial charge in [0.1, 0.15) is 29.9 Å². The number of nitrogens with one attached hydrogen (secondary N) is 7. The minimum absolute atomic E-state index is 0.0566. The van der Waals surface area contributed by atoms with Gasteiger partial charge in [-0.3, -0.25) is 33.8 Å². The summed E-state index contributed by atoms with van der Waals surface area (Å²) in [6.45, 7) is 0.206. The number of H-pyrrole nitrogens is 2. The van der Waals surface area contributed by atoms with E-state index in [1.807, 2.05) is 0 Å². The average Bonchev–Trinajstić information content (AvgIpc) is 3.74. The molecule has 0 radical (unpaired) electrons. The SMILES string of the molecule is COc1ccc2[nH]c(C)c(CC(=O)N[C@@H](CO)C(=O)N[C@@H](CCCN=C(N)N)C(=O)NCC(=O)N[C@@H](CC(=O)O)C(=O)N[C@@H](Cc3c[nH]c4ccccc34)C(=O)O)c2c1. The molecule has 4 rings (SSSR count). The van der Waals surface area contributed by atoms with Crippen molar-refractivity contribution in [2.24, 2.45) is 16.5 Å². The summed E-state index contributed by atoms with van der Waals surface area (Å²) in [5, 5.41) is 42.5. The van der Waals surface area contributed by atoms with Gasteiger partial charge in [0, 0.05) is 46.7 Å². The number of aryl methyl sites for hydroxylation is 1. The van der Waals surface area contributed by atoms with Gasteiger partial charge in [-0.2, -0.15) is 0 Å². The number of benzene rings is 2. The van der Waals surface area contributed by atoms with Crippen molar-refractivity contribution in [3.8, 4) is 5.75 Å². The van der Waals surface area contributed by atoms with Crippen molar-refractivity contribution in [1.29, 1.82) is 0 Å². The van der Waals surface area contributed by atoms with Crippen molar-refractivity contribution >= 4 is 69.2 Å². The quantitative estimate of drug-likeness (QED) is 0.0242. The fourth-order valence-corrected chi connectivity index (χ4v) is 6.27. The molecule has 0 unspecified atom stereocenters. The van der Waals surface area contributed by atoms with Gasteiger partial charge in [-0.1, -0.05) is 18.2 Å². The van der Waals surface area contributed by atoms with E-state index >= 15 is 0 Å². The molecule has 2 aromatic carbocycles. The Morgan fingerprint density at radius 1 is 0.831 bits per heavy atom. The summed E-state index contributed by atoms with van der Waals surface area (Å²) in [7, 11) is 1.51. The lowest BCUT2D eigenvalue weighted by atomic mass is 10.0. The van der Waals surface area contributed by atoms with Crippen LogP contribution in [0.3, 0.4) is 0 Å². The predicted molar refractivity (Wildman–Crippen MR) is 213 cm³/mol. The number of aliphatic carboxylic acids is 2. The number of rotatable bonds is 22. The molecule has 0 saturated carbocycles. The van der Waals surface area contributed by atoms with E-state index in [0.717, 1.165) is 21.8 Å². The van der Waals surface area contributed by atoms with E-state index in [1.165, 1.54) is 7.11 Å². The zero-order chi connectivity index (χ0) is 43.2. The van der Waals surface area contributed by atoms with Crippen LogP contribution in [0, 0.1) is 6.92 Å². The van der Waals surface area contributed by atoms with Crippen LogP contribution < -0.4 is 42.8 Å². The molecule has 21 nitrogen and oxygen atoms in total. The number of guanidine groups is 1. The molecule has 0 bridgehead atoms. The molecule has 21 heteroatoms. The molecule has 316 valence electrons. The number of aromatic nitrogens is 2. The van der Waals surface area contributed by atoms with Crippen LogP contribution in [0.2, 0.25) is 0 Å². The van der Waals surface area contributed by atoms with E-state index in [9.17, 15) is 48.9 Å². The van der Waals surface area contributed by atoms with Crippen LogP contribution >= 0.6 is 0 Å². The largest absolute Gasteiger partial charge is 0.497 e. The monoisotopic (exact) mass is 820 g/mol. The van der Waals surface area contributed by atoms with Gasteiger partial charge in [-0.15, -0.1) is 0 Å². The molecule has 4 atom stereocenters. The number of carbonyl (C=O) groups is 7. The van der Waals surface area contributed by atoms with Gasteiger partial charge in [0.2, 0.25) is 29.5 Å². The molecule has 14 N–H and O–H groups in total. The van der Waals surface area contributed by atoms with Crippen molar-refractivity contribution < 1.29 is 53.6 Å². The molecule has 59 heavy (non-hydrogen) atoms. The van der Waals surface area contributed by atoms with Gasteiger partial charge >= 0.3 is 11.9 Å². The van der Waals surface area contributed by atoms with Crippen LogP contribution in [0.25, 0.3) is 21.8 Å². The van der Waals surface area contributed by atoms with E-state index in [2.05, 4.69) is 41.5 Å². The van der Waals surface area contributed by atoms with Crippen molar-refractivity contribution in [1.82, 2.24) is 36.6 Å². The Balaban J connectivity index is 1.38. The first-order chi connectivity index (χ1) is 28.1. The van der Waals surface area contributed by atoms with E-state index in [-0.39, 0.29) is 38.2 Å². The minimum atomic E-state index is -1.74. The topological polar surface area (TPSA) is 346 Å². The molecule has 0 fully saturated rings. The summed E-state index contributed by atoms with van der Waals surface area (Å²) in [5.41, 5.74) is 14.2. The highest BCUT2D eigenvalue weighted by atomic mass is 16.5. The third-order valence-corrected chi connectivity index (χ3v) is 9.24. The Morgan fingerprint density at radius 3 is 2.20 bits per heavy atom. The van der Waals surface area contributed by atoms with Crippen molar-refractivity contribution in [2.45, 2.75) is 63.2 Å². The van der Waals surface area contributed by atoms with Gasteiger partial charge < -0.3 is 68.1 Å². The summed E-state index contributed by atoms with van der Waals surface area (Å²) in [6, 6.07) is 6.33. The number of hydrogen-bond donors (Lipinski definition) is 12. The number of aliphatic imine (C=N–C) groups is 1. The number of carboxylic acids is 2.